The van der Waals surface area contributed by atoms with Crippen LogP contribution < -0.4 is 20.9 Å². The van der Waals surface area contributed by atoms with Crippen molar-refractivity contribution in [3.05, 3.63) is 57.9 Å². The third-order valence-corrected chi connectivity index (χ3v) is 6.98. The topological polar surface area (TPSA) is 101 Å². The van der Waals surface area contributed by atoms with Crippen LogP contribution in [0.3, 0.4) is 0 Å². The van der Waals surface area contributed by atoms with Gasteiger partial charge in [-0.3, -0.25) is 19.5 Å². The number of aromatic nitrogens is 3. The number of fused-ring (bicyclic) bond motifs is 1. The summed E-state index contributed by atoms with van der Waals surface area (Å²) in [6.45, 7) is 2.03. The monoisotopic (exact) mass is 518 g/mol. The number of alkyl halides is 1. The molecule has 0 spiro atoms. The van der Waals surface area contributed by atoms with Crippen molar-refractivity contribution < 1.29 is 18.3 Å². The lowest BCUT2D eigenvalue weighted by Crippen LogP contribution is -2.51. The number of likely N-dealkylation sites (tertiary alicyclic amines) is 1. The Bertz CT molecular complexity index is 1390. The molecule has 9 nitrogen and oxygen atoms in total. The molecule has 1 saturated heterocycles. The molecule has 1 amide bonds. The summed E-state index contributed by atoms with van der Waals surface area (Å²) in [4.78, 5) is 34.3. The maximum atomic E-state index is 15.1. The minimum absolute atomic E-state index is 0. The largest absolute Gasteiger partial charge is 0.480 e. The van der Waals surface area contributed by atoms with Crippen LogP contribution >= 0.6 is 12.4 Å². The Morgan fingerprint density at radius 1 is 1.19 bits per heavy atom. The van der Waals surface area contributed by atoms with Gasteiger partial charge >= 0.3 is 0 Å². The van der Waals surface area contributed by atoms with Crippen LogP contribution in [0, 0.1) is 5.82 Å². The predicted octanol–water partition coefficient (Wildman–Crippen LogP) is 1.98. The minimum atomic E-state index is -1.11. The summed E-state index contributed by atoms with van der Waals surface area (Å²) >= 11 is 0. The van der Waals surface area contributed by atoms with Crippen molar-refractivity contribution in [2.24, 2.45) is 0 Å². The number of halogens is 3. The summed E-state index contributed by atoms with van der Waals surface area (Å²) in [6, 6.07) is 6.26. The molecule has 6 rings (SSSR count). The quantitative estimate of drug-likeness (QED) is 0.532. The third kappa shape index (κ3) is 4.42. The van der Waals surface area contributed by atoms with Crippen LogP contribution in [0.25, 0.3) is 11.0 Å². The van der Waals surface area contributed by atoms with E-state index in [-0.39, 0.29) is 49.0 Å². The summed E-state index contributed by atoms with van der Waals surface area (Å²) in [5.41, 5.74) is 2.14. The van der Waals surface area contributed by atoms with Crippen LogP contribution in [-0.4, -0.2) is 63.8 Å². The summed E-state index contributed by atoms with van der Waals surface area (Å²) in [7, 11) is 0. The molecule has 1 unspecified atom stereocenters. The first-order valence-electron chi connectivity index (χ1n) is 11.7. The fourth-order valence-corrected chi connectivity index (χ4v) is 5.31. The highest BCUT2D eigenvalue weighted by Gasteiger charge is 2.34. The molecule has 0 aliphatic carbocycles. The van der Waals surface area contributed by atoms with Gasteiger partial charge in [-0.05, 0) is 31.2 Å². The molecule has 6 heterocycles. The number of carbonyl (C=O) groups is 1. The molecule has 0 saturated carbocycles. The summed E-state index contributed by atoms with van der Waals surface area (Å²) < 4.78 is 36.7. The Kier molecular flexibility index (Phi) is 6.62. The van der Waals surface area contributed by atoms with E-state index in [1.54, 1.807) is 22.8 Å². The van der Waals surface area contributed by atoms with Gasteiger partial charge in [0, 0.05) is 49.8 Å². The van der Waals surface area contributed by atoms with Crippen molar-refractivity contribution in [3.63, 3.8) is 0 Å². The minimum Gasteiger partial charge on any atom is -0.480 e. The molecule has 0 aromatic carbocycles. The highest BCUT2D eigenvalue weighted by molar-refractivity contribution is 5.94. The van der Waals surface area contributed by atoms with E-state index in [9.17, 15) is 14.0 Å². The summed E-state index contributed by atoms with van der Waals surface area (Å²) in [5, 5.41) is 5.91. The van der Waals surface area contributed by atoms with Crippen LogP contribution in [0.5, 0.6) is 5.75 Å². The predicted molar refractivity (Wildman–Crippen MR) is 131 cm³/mol. The number of ether oxygens (including phenoxy) is 1. The molecule has 3 atom stereocenters. The van der Waals surface area contributed by atoms with E-state index in [0.29, 0.717) is 66.5 Å². The number of hydrogen-bond donors (Lipinski definition) is 2. The lowest BCUT2D eigenvalue weighted by atomic mass is 9.97. The van der Waals surface area contributed by atoms with Gasteiger partial charge in [0.05, 0.1) is 22.9 Å². The zero-order valence-corrected chi connectivity index (χ0v) is 20.1. The molecule has 0 bridgehead atoms. The Morgan fingerprint density at radius 2 is 2.06 bits per heavy atom. The molecular weight excluding hydrogens is 494 g/mol. The standard InChI is InChI=1S/C24H24F2N6O3.ClH/c25-15-8-28-18-2-4-21(34)32-10-13(22(15)23(18)32)9-31-6-5-17(16(26)11-31)27-7-14-1-3-19-24(29-14)30-20(33)12-35-19;/h1-4,8,13,16-17,27H,5-7,9-12H2,(H,29,30,33);1H/t13?,16-,17+;/m1./s1. The Morgan fingerprint density at radius 3 is 2.89 bits per heavy atom. The molecule has 36 heavy (non-hydrogen) atoms. The second-order valence-corrected chi connectivity index (χ2v) is 9.27. The zero-order valence-electron chi connectivity index (χ0n) is 19.2. The van der Waals surface area contributed by atoms with Gasteiger partial charge in [-0.25, -0.2) is 13.8 Å². The number of nitrogens with zero attached hydrogens (tertiary/aromatic N) is 4. The highest BCUT2D eigenvalue weighted by Crippen LogP contribution is 2.35. The maximum Gasteiger partial charge on any atom is 0.263 e. The van der Waals surface area contributed by atoms with Crippen molar-refractivity contribution >= 4 is 35.2 Å². The smallest absolute Gasteiger partial charge is 0.263 e. The van der Waals surface area contributed by atoms with E-state index in [4.69, 9.17) is 4.74 Å². The number of piperidine rings is 1. The van der Waals surface area contributed by atoms with Crippen LogP contribution in [-0.2, 0) is 17.9 Å². The molecule has 3 aromatic heterocycles. The second kappa shape index (κ2) is 9.72. The summed E-state index contributed by atoms with van der Waals surface area (Å²) in [6.07, 6.45) is 0.670. The van der Waals surface area contributed by atoms with Gasteiger partial charge in [-0.2, -0.15) is 0 Å². The van der Waals surface area contributed by atoms with Crippen LogP contribution in [0.1, 0.15) is 23.6 Å². The second-order valence-electron chi connectivity index (χ2n) is 9.27. The first kappa shape index (κ1) is 24.5. The van der Waals surface area contributed by atoms with Crippen molar-refractivity contribution in [2.45, 2.75) is 37.6 Å². The van der Waals surface area contributed by atoms with Crippen LogP contribution in [0.15, 0.2) is 35.3 Å². The van der Waals surface area contributed by atoms with Gasteiger partial charge in [-0.15, -0.1) is 12.4 Å². The lowest BCUT2D eigenvalue weighted by molar-refractivity contribution is -0.118. The number of anilines is 1. The van der Waals surface area contributed by atoms with Crippen molar-refractivity contribution in [2.75, 3.05) is 31.6 Å². The van der Waals surface area contributed by atoms with Gasteiger partial charge in [0.15, 0.2) is 18.2 Å². The Hall–Kier alpha value is -3.15. The maximum absolute atomic E-state index is 15.1. The fraction of sp³-hybridized carbons (Fsp3) is 0.417. The molecule has 3 aromatic rings. The number of amides is 1. The fourth-order valence-electron chi connectivity index (χ4n) is 5.31. The number of nitrogens with one attached hydrogen (secondary N) is 2. The first-order chi connectivity index (χ1) is 17.0. The molecule has 190 valence electrons. The molecule has 3 aliphatic rings. The van der Waals surface area contributed by atoms with E-state index in [1.165, 1.54) is 12.3 Å². The zero-order chi connectivity index (χ0) is 24.1. The van der Waals surface area contributed by atoms with Crippen molar-refractivity contribution in [1.82, 2.24) is 24.8 Å². The Balaban J connectivity index is 0.00000267. The number of hydrogen-bond acceptors (Lipinski definition) is 7. The summed E-state index contributed by atoms with van der Waals surface area (Å²) in [5.74, 6) is -0.0178. The molecule has 2 N–H and O–H groups in total. The number of rotatable bonds is 5. The van der Waals surface area contributed by atoms with Crippen LogP contribution in [0.4, 0.5) is 14.6 Å². The van der Waals surface area contributed by atoms with Crippen molar-refractivity contribution in [3.8, 4) is 5.75 Å². The van der Waals surface area contributed by atoms with Gasteiger partial charge in [0.2, 0.25) is 0 Å². The molecule has 1 fully saturated rings. The third-order valence-electron chi connectivity index (χ3n) is 6.98. The van der Waals surface area contributed by atoms with Gasteiger partial charge in [0.25, 0.3) is 11.5 Å². The van der Waals surface area contributed by atoms with Gasteiger partial charge in [0.1, 0.15) is 12.0 Å². The molecular formula is C24H25ClF2N6O3. The number of carbonyl (C=O) groups excluding carboxylic acids is 1. The first-order valence-corrected chi connectivity index (χ1v) is 11.7. The highest BCUT2D eigenvalue weighted by atomic mass is 35.5. The normalized spacial score (nSPS) is 23.1. The average molecular weight is 519 g/mol. The average Bonchev–Trinajstić information content (AvgIpc) is 3.23. The van der Waals surface area contributed by atoms with E-state index >= 15 is 4.39 Å². The molecule has 0 radical (unpaired) electrons. The Labute approximate surface area is 211 Å². The van der Waals surface area contributed by atoms with Crippen molar-refractivity contribution in [1.29, 1.82) is 0 Å². The molecule has 3 aliphatic heterocycles. The van der Waals surface area contributed by atoms with E-state index in [2.05, 4.69) is 20.6 Å². The van der Waals surface area contributed by atoms with E-state index in [0.717, 1.165) is 0 Å². The molecule has 12 heteroatoms. The van der Waals surface area contributed by atoms with Crippen LogP contribution in [0.2, 0.25) is 0 Å². The van der Waals surface area contributed by atoms with E-state index < -0.39 is 12.0 Å². The van der Waals surface area contributed by atoms with Gasteiger partial charge in [-0.1, -0.05) is 0 Å². The number of pyridine rings is 3. The van der Waals surface area contributed by atoms with E-state index in [1.807, 2.05) is 4.90 Å². The lowest BCUT2D eigenvalue weighted by Gasteiger charge is -2.36. The van der Waals surface area contributed by atoms with Gasteiger partial charge < -0.3 is 19.9 Å². The SMILES string of the molecule is Cl.O=C1COc2ccc(CN[C@H]3CCN(CC4Cn5c(=O)ccc6ncc(F)c4c65)C[C@H]3F)nc2N1.